The first-order chi connectivity index (χ1) is 6.20. The van der Waals surface area contributed by atoms with E-state index in [2.05, 4.69) is 12.6 Å². The molecule has 0 radical (unpaired) electrons. The average molecular weight is 191 g/mol. The predicted molar refractivity (Wildman–Crippen MR) is 54.7 cm³/mol. The van der Waals surface area contributed by atoms with Crippen molar-refractivity contribution in [3.8, 4) is 0 Å². The number of Topliss-reactive ketones (excluding diaryl/α,β-unsaturated/α-hetero) is 1. The van der Waals surface area contributed by atoms with Crippen molar-refractivity contribution in [3.63, 3.8) is 0 Å². The molecule has 1 aromatic carbocycles. The highest BCUT2D eigenvalue weighted by Crippen LogP contribution is 2.25. The lowest BCUT2D eigenvalue weighted by molar-refractivity contribution is 0.102. The van der Waals surface area contributed by atoms with E-state index in [1.807, 2.05) is 18.2 Å². The smallest absolute Gasteiger partial charge is 0.209 e. The summed E-state index contributed by atoms with van der Waals surface area (Å²) in [4.78, 5) is 12.3. The number of allylic oxidation sites excluding steroid dienone is 2. The standard InChI is InChI=1S/C10H9NOS/c11-9-8(13)5-6-3-1-2-4-7(6)10(9)12/h1-4,13H,5,11H2. The second kappa shape index (κ2) is 2.92. The van der Waals surface area contributed by atoms with Crippen LogP contribution in [0.15, 0.2) is 34.9 Å². The molecule has 0 aromatic heterocycles. The van der Waals surface area contributed by atoms with Crippen LogP contribution in [0.3, 0.4) is 0 Å². The van der Waals surface area contributed by atoms with Crippen LogP contribution in [0, 0.1) is 0 Å². The Bertz CT molecular complexity index is 409. The summed E-state index contributed by atoms with van der Waals surface area (Å²) in [7, 11) is 0. The van der Waals surface area contributed by atoms with Gasteiger partial charge in [0.05, 0.1) is 5.70 Å². The van der Waals surface area contributed by atoms with Crippen molar-refractivity contribution in [1.82, 2.24) is 0 Å². The highest BCUT2D eigenvalue weighted by atomic mass is 32.1. The number of hydrogen-bond acceptors (Lipinski definition) is 3. The first-order valence-corrected chi connectivity index (χ1v) is 4.45. The zero-order valence-corrected chi connectivity index (χ0v) is 7.84. The average Bonchev–Trinajstić information content (AvgIpc) is 2.15. The summed E-state index contributed by atoms with van der Waals surface area (Å²) in [5.74, 6) is -0.105. The molecule has 0 heterocycles. The number of rotatable bonds is 0. The minimum atomic E-state index is -0.105. The van der Waals surface area contributed by atoms with Gasteiger partial charge in [-0.2, -0.15) is 0 Å². The van der Waals surface area contributed by atoms with Gasteiger partial charge in [-0.15, -0.1) is 12.6 Å². The molecule has 0 unspecified atom stereocenters. The Labute approximate surface area is 81.9 Å². The van der Waals surface area contributed by atoms with Crippen molar-refractivity contribution in [2.45, 2.75) is 6.42 Å². The molecule has 0 amide bonds. The normalized spacial score (nSPS) is 15.9. The maximum atomic E-state index is 11.6. The van der Waals surface area contributed by atoms with Crippen LogP contribution in [0.25, 0.3) is 0 Å². The minimum absolute atomic E-state index is 0.105. The molecule has 1 aliphatic carbocycles. The van der Waals surface area contributed by atoms with Gasteiger partial charge in [0.15, 0.2) is 0 Å². The topological polar surface area (TPSA) is 43.1 Å². The van der Waals surface area contributed by atoms with Gasteiger partial charge in [-0.05, 0) is 5.56 Å². The fraction of sp³-hybridized carbons (Fsp3) is 0.100. The van der Waals surface area contributed by atoms with Crippen molar-refractivity contribution in [2.75, 3.05) is 0 Å². The van der Waals surface area contributed by atoms with Gasteiger partial charge >= 0.3 is 0 Å². The number of benzene rings is 1. The summed E-state index contributed by atoms with van der Waals surface area (Å²) >= 11 is 4.17. The number of carbonyl (C=O) groups excluding carboxylic acids is 1. The zero-order chi connectivity index (χ0) is 9.42. The van der Waals surface area contributed by atoms with Gasteiger partial charge in [-0.25, -0.2) is 0 Å². The van der Waals surface area contributed by atoms with E-state index >= 15 is 0 Å². The molecule has 13 heavy (non-hydrogen) atoms. The van der Waals surface area contributed by atoms with Crippen LogP contribution in [0.5, 0.6) is 0 Å². The third-order valence-electron chi connectivity index (χ3n) is 2.18. The molecule has 2 N–H and O–H groups in total. The highest BCUT2D eigenvalue weighted by Gasteiger charge is 2.21. The van der Waals surface area contributed by atoms with Crippen molar-refractivity contribution in [3.05, 3.63) is 46.0 Å². The van der Waals surface area contributed by atoms with Crippen molar-refractivity contribution in [2.24, 2.45) is 5.73 Å². The second-order valence-electron chi connectivity index (χ2n) is 3.02. The number of thiol groups is 1. The number of ketones is 1. The van der Waals surface area contributed by atoms with Crippen LogP contribution in [-0.2, 0) is 6.42 Å². The summed E-state index contributed by atoms with van der Waals surface area (Å²) in [6.45, 7) is 0. The SMILES string of the molecule is NC1=C(S)Cc2ccccc2C1=O. The predicted octanol–water partition coefficient (Wildman–Crippen LogP) is 1.53. The molecule has 1 aliphatic rings. The Morgan fingerprint density at radius 1 is 1.31 bits per heavy atom. The Hall–Kier alpha value is -1.22. The first kappa shape index (κ1) is 8.38. The molecule has 0 saturated carbocycles. The van der Waals surface area contributed by atoms with Gasteiger partial charge in [-0.1, -0.05) is 24.3 Å². The van der Waals surface area contributed by atoms with Gasteiger partial charge in [0.2, 0.25) is 5.78 Å². The van der Waals surface area contributed by atoms with E-state index in [1.54, 1.807) is 6.07 Å². The molecule has 2 rings (SSSR count). The Balaban J connectivity index is 2.59. The van der Waals surface area contributed by atoms with Crippen LogP contribution in [0.1, 0.15) is 15.9 Å². The van der Waals surface area contributed by atoms with Crippen LogP contribution in [-0.4, -0.2) is 5.78 Å². The Morgan fingerprint density at radius 3 is 2.77 bits per heavy atom. The van der Waals surface area contributed by atoms with E-state index < -0.39 is 0 Å². The molecule has 3 heteroatoms. The molecule has 0 bridgehead atoms. The van der Waals surface area contributed by atoms with Crippen LogP contribution in [0.2, 0.25) is 0 Å². The molecule has 0 spiro atoms. The zero-order valence-electron chi connectivity index (χ0n) is 6.95. The number of nitrogens with two attached hydrogens (primary N) is 1. The van der Waals surface area contributed by atoms with Crippen molar-refractivity contribution < 1.29 is 4.79 Å². The number of hydrogen-bond donors (Lipinski definition) is 2. The molecular weight excluding hydrogens is 182 g/mol. The maximum absolute atomic E-state index is 11.6. The molecule has 0 saturated heterocycles. The van der Waals surface area contributed by atoms with Gasteiger partial charge in [0.1, 0.15) is 0 Å². The number of carbonyl (C=O) groups is 1. The molecule has 1 aromatic rings. The van der Waals surface area contributed by atoms with Crippen molar-refractivity contribution in [1.29, 1.82) is 0 Å². The van der Waals surface area contributed by atoms with Crippen LogP contribution >= 0.6 is 12.6 Å². The van der Waals surface area contributed by atoms with Gasteiger partial charge in [0, 0.05) is 16.9 Å². The Morgan fingerprint density at radius 2 is 2.00 bits per heavy atom. The first-order valence-electron chi connectivity index (χ1n) is 4.00. The van der Waals surface area contributed by atoms with E-state index in [4.69, 9.17) is 5.73 Å². The third kappa shape index (κ3) is 1.25. The lowest BCUT2D eigenvalue weighted by Crippen LogP contribution is -2.20. The monoisotopic (exact) mass is 191 g/mol. The second-order valence-corrected chi connectivity index (χ2v) is 3.56. The van der Waals surface area contributed by atoms with E-state index in [9.17, 15) is 4.79 Å². The van der Waals surface area contributed by atoms with Gasteiger partial charge in [0.25, 0.3) is 0 Å². The summed E-state index contributed by atoms with van der Waals surface area (Å²) in [5.41, 5.74) is 7.58. The third-order valence-corrected chi connectivity index (χ3v) is 2.57. The van der Waals surface area contributed by atoms with Crippen LogP contribution in [0.4, 0.5) is 0 Å². The summed E-state index contributed by atoms with van der Waals surface area (Å²) in [6, 6.07) is 7.48. The largest absolute Gasteiger partial charge is 0.395 e. The fourth-order valence-corrected chi connectivity index (χ4v) is 1.72. The summed E-state index contributed by atoms with van der Waals surface area (Å²) in [6.07, 6.45) is 0.664. The lowest BCUT2D eigenvalue weighted by atomic mass is 9.94. The Kier molecular flexibility index (Phi) is 1.88. The molecular formula is C10H9NOS. The van der Waals surface area contributed by atoms with Gasteiger partial charge < -0.3 is 5.73 Å². The summed E-state index contributed by atoms with van der Waals surface area (Å²) in [5, 5.41) is 0. The molecule has 2 nitrogen and oxygen atoms in total. The highest BCUT2D eigenvalue weighted by molar-refractivity contribution is 7.84. The fourth-order valence-electron chi connectivity index (χ4n) is 1.45. The van der Waals surface area contributed by atoms with E-state index in [0.29, 0.717) is 16.9 Å². The van der Waals surface area contributed by atoms with Crippen molar-refractivity contribution >= 4 is 18.4 Å². The van der Waals surface area contributed by atoms with E-state index in [1.165, 1.54) is 0 Å². The quantitative estimate of drug-likeness (QED) is 0.611. The molecule has 0 atom stereocenters. The van der Waals surface area contributed by atoms with Crippen LogP contribution < -0.4 is 5.73 Å². The summed E-state index contributed by atoms with van der Waals surface area (Å²) < 4.78 is 0. The molecule has 66 valence electrons. The van der Waals surface area contributed by atoms with Gasteiger partial charge in [-0.3, -0.25) is 4.79 Å². The lowest BCUT2D eigenvalue weighted by Gasteiger charge is -2.15. The molecule has 0 aliphatic heterocycles. The minimum Gasteiger partial charge on any atom is -0.395 e. The van der Waals surface area contributed by atoms with E-state index in [-0.39, 0.29) is 11.5 Å². The maximum Gasteiger partial charge on any atom is 0.209 e. The molecule has 0 fully saturated rings. The van der Waals surface area contributed by atoms with E-state index in [0.717, 1.165) is 5.56 Å². The number of fused-ring (bicyclic) bond motifs is 1.